The Morgan fingerprint density at radius 1 is 1.08 bits per heavy atom. The molecule has 3 rings (SSSR count). The van der Waals surface area contributed by atoms with E-state index >= 15 is 0 Å². The summed E-state index contributed by atoms with van der Waals surface area (Å²) in [4.78, 5) is 32.4. The van der Waals surface area contributed by atoms with E-state index in [1.54, 1.807) is 40.4 Å². The Hall–Kier alpha value is -2.63. The number of hydrogen-bond acceptors (Lipinski definition) is 4. The van der Waals surface area contributed by atoms with Crippen LogP contribution in [0, 0.1) is 6.92 Å². The molecule has 2 aromatic heterocycles. The summed E-state index contributed by atoms with van der Waals surface area (Å²) in [7, 11) is 0. The number of piperazine rings is 1. The normalized spacial score (nSPS) is 14.8. The highest BCUT2D eigenvalue weighted by atomic mass is 16.4. The second kappa shape index (κ2) is 6.86. The van der Waals surface area contributed by atoms with E-state index in [9.17, 15) is 9.59 Å². The van der Waals surface area contributed by atoms with Crippen molar-refractivity contribution in [2.24, 2.45) is 0 Å². The first kappa shape index (κ1) is 16.2. The second-order valence-electron chi connectivity index (χ2n) is 5.89. The zero-order chi connectivity index (χ0) is 17.1. The van der Waals surface area contributed by atoms with E-state index in [2.05, 4.69) is 4.98 Å². The van der Waals surface area contributed by atoms with Crippen molar-refractivity contribution in [3.05, 3.63) is 53.2 Å². The van der Waals surface area contributed by atoms with Crippen molar-refractivity contribution in [2.45, 2.75) is 20.3 Å². The third-order valence-corrected chi connectivity index (χ3v) is 4.33. The van der Waals surface area contributed by atoms with Crippen LogP contribution in [0.2, 0.25) is 0 Å². The molecule has 0 atom stereocenters. The van der Waals surface area contributed by atoms with Crippen molar-refractivity contribution in [3.8, 4) is 0 Å². The molecule has 0 unspecified atom stereocenters. The number of carbonyl (C=O) groups excluding carboxylic acids is 2. The van der Waals surface area contributed by atoms with Crippen molar-refractivity contribution >= 4 is 11.8 Å². The molecule has 1 aliphatic heterocycles. The molecular weight excluding hydrogens is 306 g/mol. The van der Waals surface area contributed by atoms with Gasteiger partial charge in [-0.15, -0.1) is 0 Å². The van der Waals surface area contributed by atoms with Gasteiger partial charge in [-0.25, -0.2) is 0 Å². The molecule has 1 fully saturated rings. The quantitative estimate of drug-likeness (QED) is 0.866. The van der Waals surface area contributed by atoms with Gasteiger partial charge in [-0.05, 0) is 30.7 Å². The fourth-order valence-corrected chi connectivity index (χ4v) is 2.92. The Balaban J connectivity index is 1.62. The topological polar surface area (TPSA) is 66.7 Å². The number of furan rings is 1. The summed E-state index contributed by atoms with van der Waals surface area (Å²) in [5, 5.41) is 0. The molecule has 0 aliphatic carbocycles. The summed E-state index contributed by atoms with van der Waals surface area (Å²) >= 11 is 0. The van der Waals surface area contributed by atoms with Crippen LogP contribution in [0.3, 0.4) is 0 Å². The number of nitrogens with zero attached hydrogens (tertiary/aromatic N) is 3. The molecule has 0 N–H and O–H groups in total. The van der Waals surface area contributed by atoms with Crippen molar-refractivity contribution in [3.63, 3.8) is 0 Å². The summed E-state index contributed by atoms with van der Waals surface area (Å²) in [6.07, 6.45) is 3.99. The number of rotatable bonds is 3. The number of aryl methyl sites for hydroxylation is 2. The molecule has 0 aromatic carbocycles. The largest absolute Gasteiger partial charge is 0.456 e. The Kier molecular flexibility index (Phi) is 4.64. The van der Waals surface area contributed by atoms with Crippen LogP contribution >= 0.6 is 0 Å². The van der Waals surface area contributed by atoms with Crippen molar-refractivity contribution in [1.29, 1.82) is 0 Å². The van der Waals surface area contributed by atoms with E-state index in [1.807, 2.05) is 13.8 Å². The molecule has 0 radical (unpaired) electrons. The molecule has 1 aliphatic rings. The smallest absolute Gasteiger partial charge is 0.289 e. The zero-order valence-corrected chi connectivity index (χ0v) is 14.0. The molecule has 0 spiro atoms. The molecular formula is C18H21N3O3. The summed E-state index contributed by atoms with van der Waals surface area (Å²) in [5.74, 6) is 1.11. The van der Waals surface area contributed by atoms with E-state index in [0.717, 1.165) is 17.7 Å². The van der Waals surface area contributed by atoms with Gasteiger partial charge in [-0.2, -0.15) is 0 Å². The van der Waals surface area contributed by atoms with Crippen LogP contribution in [0.4, 0.5) is 0 Å². The van der Waals surface area contributed by atoms with E-state index in [4.69, 9.17) is 4.42 Å². The summed E-state index contributed by atoms with van der Waals surface area (Å²) < 4.78 is 5.64. The van der Waals surface area contributed by atoms with Crippen molar-refractivity contribution in [2.75, 3.05) is 26.2 Å². The lowest BCUT2D eigenvalue weighted by atomic mass is 10.2. The monoisotopic (exact) mass is 327 g/mol. The maximum Gasteiger partial charge on any atom is 0.289 e. The predicted octanol–water partition coefficient (Wildman–Crippen LogP) is 2.14. The van der Waals surface area contributed by atoms with Gasteiger partial charge in [-0.3, -0.25) is 14.6 Å². The first-order chi connectivity index (χ1) is 11.6. The molecule has 1 saturated heterocycles. The molecule has 126 valence electrons. The van der Waals surface area contributed by atoms with Gasteiger partial charge in [0.05, 0.1) is 0 Å². The molecule has 0 bridgehead atoms. The lowest BCUT2D eigenvalue weighted by molar-refractivity contribution is 0.0517. The van der Waals surface area contributed by atoms with Crippen molar-refractivity contribution < 1.29 is 14.0 Å². The Morgan fingerprint density at radius 2 is 1.67 bits per heavy atom. The van der Waals surface area contributed by atoms with Crippen LogP contribution in [0.5, 0.6) is 0 Å². The number of pyridine rings is 1. The SMILES string of the molecule is CCc1oc(C(=O)N2CCN(C(=O)c3ccncc3)CC2)cc1C. The van der Waals surface area contributed by atoms with Crippen LogP contribution < -0.4 is 0 Å². The van der Waals surface area contributed by atoms with E-state index in [-0.39, 0.29) is 11.8 Å². The van der Waals surface area contributed by atoms with Gasteiger partial charge in [0.2, 0.25) is 0 Å². The van der Waals surface area contributed by atoms with E-state index in [1.165, 1.54) is 0 Å². The number of carbonyl (C=O) groups is 2. The van der Waals surface area contributed by atoms with Crippen LogP contribution in [0.1, 0.15) is 39.2 Å². The van der Waals surface area contributed by atoms with E-state index < -0.39 is 0 Å². The van der Waals surface area contributed by atoms with Crippen LogP contribution in [0.15, 0.2) is 35.0 Å². The highest BCUT2D eigenvalue weighted by molar-refractivity contribution is 5.95. The molecule has 24 heavy (non-hydrogen) atoms. The first-order valence-corrected chi connectivity index (χ1v) is 8.18. The summed E-state index contributed by atoms with van der Waals surface area (Å²) in [6, 6.07) is 5.21. The highest BCUT2D eigenvalue weighted by Gasteiger charge is 2.27. The molecule has 6 heteroatoms. The number of aromatic nitrogens is 1. The van der Waals surface area contributed by atoms with Gasteiger partial charge in [0, 0.05) is 50.6 Å². The number of hydrogen-bond donors (Lipinski definition) is 0. The third kappa shape index (κ3) is 3.18. The highest BCUT2D eigenvalue weighted by Crippen LogP contribution is 2.18. The minimum atomic E-state index is -0.103. The Bertz CT molecular complexity index is 731. The van der Waals surface area contributed by atoms with Gasteiger partial charge in [0.25, 0.3) is 11.8 Å². The Labute approximate surface area is 141 Å². The molecule has 0 saturated carbocycles. The van der Waals surface area contributed by atoms with Gasteiger partial charge < -0.3 is 14.2 Å². The van der Waals surface area contributed by atoms with Crippen LogP contribution in [-0.2, 0) is 6.42 Å². The fourth-order valence-electron chi connectivity index (χ4n) is 2.92. The average molecular weight is 327 g/mol. The summed E-state index contributed by atoms with van der Waals surface area (Å²) in [6.45, 7) is 6.02. The molecule has 3 heterocycles. The minimum Gasteiger partial charge on any atom is -0.456 e. The average Bonchev–Trinajstić information content (AvgIpc) is 3.02. The second-order valence-corrected chi connectivity index (χ2v) is 5.89. The number of amides is 2. The van der Waals surface area contributed by atoms with E-state index in [0.29, 0.717) is 37.5 Å². The van der Waals surface area contributed by atoms with Gasteiger partial charge >= 0.3 is 0 Å². The van der Waals surface area contributed by atoms with Crippen LogP contribution in [-0.4, -0.2) is 52.8 Å². The zero-order valence-electron chi connectivity index (χ0n) is 14.0. The first-order valence-electron chi connectivity index (χ1n) is 8.18. The molecule has 2 amide bonds. The fraction of sp³-hybridized carbons (Fsp3) is 0.389. The maximum atomic E-state index is 12.5. The molecule has 6 nitrogen and oxygen atoms in total. The minimum absolute atomic E-state index is 0.0217. The Morgan fingerprint density at radius 3 is 2.21 bits per heavy atom. The third-order valence-electron chi connectivity index (χ3n) is 4.33. The van der Waals surface area contributed by atoms with Gasteiger partial charge in [-0.1, -0.05) is 6.92 Å². The lowest BCUT2D eigenvalue weighted by Gasteiger charge is -2.34. The van der Waals surface area contributed by atoms with Gasteiger partial charge in [0.1, 0.15) is 5.76 Å². The lowest BCUT2D eigenvalue weighted by Crippen LogP contribution is -2.50. The van der Waals surface area contributed by atoms with Crippen molar-refractivity contribution in [1.82, 2.24) is 14.8 Å². The van der Waals surface area contributed by atoms with Crippen LogP contribution in [0.25, 0.3) is 0 Å². The van der Waals surface area contributed by atoms with Gasteiger partial charge in [0.15, 0.2) is 5.76 Å². The predicted molar refractivity (Wildman–Crippen MR) is 88.9 cm³/mol. The molecule has 2 aromatic rings. The standard InChI is InChI=1S/C18H21N3O3/c1-3-15-13(2)12-16(24-15)18(23)21-10-8-20(9-11-21)17(22)14-4-6-19-7-5-14/h4-7,12H,3,8-11H2,1-2H3. The summed E-state index contributed by atoms with van der Waals surface area (Å²) in [5.41, 5.74) is 1.63. The maximum absolute atomic E-state index is 12.5.